The van der Waals surface area contributed by atoms with Crippen LogP contribution in [0.15, 0.2) is 0 Å². The summed E-state index contributed by atoms with van der Waals surface area (Å²) in [5.74, 6) is 2.00. The van der Waals surface area contributed by atoms with Gasteiger partial charge in [-0.3, -0.25) is 5.41 Å². The first kappa shape index (κ1) is 12.8. The van der Waals surface area contributed by atoms with E-state index in [-0.39, 0.29) is 5.92 Å². The maximum Gasteiger partial charge on any atom is 0.169 e. The molecule has 4 nitrogen and oxygen atoms in total. The molecule has 1 rings (SSSR count). The van der Waals surface area contributed by atoms with Gasteiger partial charge >= 0.3 is 0 Å². The van der Waals surface area contributed by atoms with E-state index in [1.54, 1.807) is 16.7 Å². The summed E-state index contributed by atoms with van der Waals surface area (Å²) >= 11 is 1.65. The Morgan fingerprint density at radius 1 is 1.53 bits per heavy atom. The van der Waals surface area contributed by atoms with Crippen molar-refractivity contribution >= 4 is 27.4 Å². The lowest BCUT2D eigenvalue weighted by Crippen LogP contribution is -2.50. The van der Waals surface area contributed by atoms with E-state index < -0.39 is 15.2 Å². The van der Waals surface area contributed by atoms with E-state index >= 15 is 0 Å². The largest absolute Gasteiger partial charge is 0.342 e. The first-order valence-corrected chi connectivity index (χ1v) is 8.06. The molecule has 0 aromatic rings. The summed E-state index contributed by atoms with van der Waals surface area (Å²) in [6, 6.07) is 0. The van der Waals surface area contributed by atoms with Gasteiger partial charge in [-0.1, -0.05) is 13.8 Å². The Labute approximate surface area is 95.8 Å². The third kappa shape index (κ3) is 3.11. The van der Waals surface area contributed by atoms with Gasteiger partial charge in [-0.25, -0.2) is 8.42 Å². The molecule has 1 atom stereocenters. The molecule has 1 aliphatic heterocycles. The Kier molecular flexibility index (Phi) is 4.06. The highest BCUT2D eigenvalue weighted by Gasteiger charge is 2.33. The van der Waals surface area contributed by atoms with E-state index in [4.69, 9.17) is 5.41 Å². The highest BCUT2D eigenvalue weighted by molar-refractivity contribution is 8.00. The molecule has 0 amide bonds. The minimum atomic E-state index is -3.09. The van der Waals surface area contributed by atoms with Crippen molar-refractivity contribution < 1.29 is 8.42 Å². The van der Waals surface area contributed by atoms with Crippen LogP contribution in [0.1, 0.15) is 13.8 Å². The van der Waals surface area contributed by atoms with Crippen molar-refractivity contribution in [1.82, 2.24) is 4.90 Å². The summed E-state index contributed by atoms with van der Waals surface area (Å²) in [6.07, 6.45) is 1.25. The molecule has 1 N–H and O–H groups in total. The second-order valence-electron chi connectivity index (χ2n) is 4.09. The SMILES string of the molecule is CC(C)C(=N)N1CCSCC1S(C)(=O)=O. The van der Waals surface area contributed by atoms with Gasteiger partial charge in [-0.15, -0.1) is 0 Å². The number of nitrogens with zero attached hydrogens (tertiary/aromatic N) is 1. The van der Waals surface area contributed by atoms with E-state index in [0.29, 0.717) is 18.1 Å². The Balaban J connectivity index is 2.89. The zero-order valence-electron chi connectivity index (χ0n) is 9.36. The highest BCUT2D eigenvalue weighted by atomic mass is 32.2. The van der Waals surface area contributed by atoms with Gasteiger partial charge in [0.05, 0.1) is 5.84 Å². The average Bonchev–Trinajstić information content (AvgIpc) is 2.15. The van der Waals surface area contributed by atoms with Crippen LogP contribution >= 0.6 is 11.8 Å². The molecular weight excluding hydrogens is 232 g/mol. The van der Waals surface area contributed by atoms with Crippen LogP contribution in [0.3, 0.4) is 0 Å². The van der Waals surface area contributed by atoms with E-state index in [1.165, 1.54) is 6.26 Å². The second-order valence-corrected chi connectivity index (χ2v) is 7.45. The van der Waals surface area contributed by atoms with Crippen LogP contribution in [0.2, 0.25) is 0 Å². The summed E-state index contributed by atoms with van der Waals surface area (Å²) in [5, 5.41) is 7.39. The Morgan fingerprint density at radius 2 is 2.13 bits per heavy atom. The first-order valence-electron chi connectivity index (χ1n) is 4.95. The summed E-state index contributed by atoms with van der Waals surface area (Å²) in [6.45, 7) is 4.51. The van der Waals surface area contributed by atoms with Crippen molar-refractivity contribution in [2.24, 2.45) is 5.92 Å². The number of hydrogen-bond acceptors (Lipinski definition) is 4. The van der Waals surface area contributed by atoms with Crippen LogP contribution in [0, 0.1) is 11.3 Å². The maximum absolute atomic E-state index is 11.6. The molecule has 0 aliphatic carbocycles. The minimum Gasteiger partial charge on any atom is -0.342 e. The Morgan fingerprint density at radius 3 is 2.60 bits per heavy atom. The Hall–Kier alpha value is -0.230. The van der Waals surface area contributed by atoms with Crippen molar-refractivity contribution in [3.8, 4) is 0 Å². The van der Waals surface area contributed by atoms with Gasteiger partial charge in [0, 0.05) is 30.2 Å². The van der Waals surface area contributed by atoms with Crippen molar-refractivity contribution in [1.29, 1.82) is 5.41 Å². The van der Waals surface area contributed by atoms with Gasteiger partial charge in [0.25, 0.3) is 0 Å². The van der Waals surface area contributed by atoms with Crippen molar-refractivity contribution in [2.45, 2.75) is 19.2 Å². The molecule has 0 radical (unpaired) electrons. The lowest BCUT2D eigenvalue weighted by molar-refractivity contribution is 0.390. The standard InChI is InChI=1S/C9H18N2O2S2/c1-7(2)9(10)11-4-5-14-6-8(11)15(3,12)13/h7-8,10H,4-6H2,1-3H3. The lowest BCUT2D eigenvalue weighted by Gasteiger charge is -2.37. The predicted molar refractivity (Wildman–Crippen MR) is 65.2 cm³/mol. The van der Waals surface area contributed by atoms with Crippen molar-refractivity contribution in [2.75, 3.05) is 24.3 Å². The number of nitrogens with one attached hydrogen (secondary N) is 1. The van der Waals surface area contributed by atoms with Crippen molar-refractivity contribution in [3.63, 3.8) is 0 Å². The van der Waals surface area contributed by atoms with Crippen LogP contribution in [0.5, 0.6) is 0 Å². The van der Waals surface area contributed by atoms with E-state index in [9.17, 15) is 8.42 Å². The minimum absolute atomic E-state index is 0.0809. The average molecular weight is 250 g/mol. The Bertz CT molecular complexity index is 338. The molecule has 6 heteroatoms. The molecule has 88 valence electrons. The van der Waals surface area contributed by atoms with Crippen LogP contribution < -0.4 is 0 Å². The number of thioether (sulfide) groups is 1. The fourth-order valence-corrected chi connectivity index (χ4v) is 4.38. The molecule has 0 saturated carbocycles. The fourth-order valence-electron chi connectivity index (χ4n) is 1.54. The van der Waals surface area contributed by atoms with Gasteiger partial charge < -0.3 is 4.90 Å². The highest BCUT2D eigenvalue weighted by Crippen LogP contribution is 2.22. The van der Waals surface area contributed by atoms with Gasteiger partial charge in [-0.05, 0) is 0 Å². The van der Waals surface area contributed by atoms with Gasteiger partial charge in [0.1, 0.15) is 5.37 Å². The monoisotopic (exact) mass is 250 g/mol. The molecule has 0 aromatic carbocycles. The molecule has 1 aliphatic rings. The molecule has 0 aromatic heterocycles. The van der Waals surface area contributed by atoms with E-state index in [0.717, 1.165) is 5.75 Å². The van der Waals surface area contributed by atoms with Gasteiger partial charge in [0.15, 0.2) is 9.84 Å². The summed E-state index contributed by atoms with van der Waals surface area (Å²) in [4.78, 5) is 1.73. The normalized spacial score (nSPS) is 23.2. The second kappa shape index (κ2) is 4.74. The predicted octanol–water partition coefficient (Wildman–Crippen LogP) is 1.04. The zero-order valence-corrected chi connectivity index (χ0v) is 11.0. The number of amidine groups is 1. The molecule has 1 fully saturated rings. The summed E-state index contributed by atoms with van der Waals surface area (Å²) in [5.41, 5.74) is 0. The van der Waals surface area contributed by atoms with Crippen LogP contribution in [-0.4, -0.2) is 48.8 Å². The quantitative estimate of drug-likeness (QED) is 0.587. The molecule has 0 spiro atoms. The van der Waals surface area contributed by atoms with Crippen molar-refractivity contribution in [3.05, 3.63) is 0 Å². The number of hydrogen-bond donors (Lipinski definition) is 1. The third-order valence-electron chi connectivity index (χ3n) is 2.44. The molecule has 1 unspecified atom stereocenters. The topological polar surface area (TPSA) is 61.2 Å². The van der Waals surface area contributed by atoms with Gasteiger partial charge in [0.2, 0.25) is 0 Å². The van der Waals surface area contributed by atoms with Gasteiger partial charge in [-0.2, -0.15) is 11.8 Å². The van der Waals surface area contributed by atoms with E-state index in [2.05, 4.69) is 0 Å². The smallest absolute Gasteiger partial charge is 0.169 e. The van der Waals surface area contributed by atoms with Crippen LogP contribution in [-0.2, 0) is 9.84 Å². The maximum atomic E-state index is 11.6. The van der Waals surface area contributed by atoms with Crippen LogP contribution in [0.25, 0.3) is 0 Å². The van der Waals surface area contributed by atoms with E-state index in [1.807, 2.05) is 13.8 Å². The van der Waals surface area contributed by atoms with Crippen LogP contribution in [0.4, 0.5) is 0 Å². The molecule has 15 heavy (non-hydrogen) atoms. The molecular formula is C9H18N2O2S2. The lowest BCUT2D eigenvalue weighted by atomic mass is 10.2. The molecule has 0 bridgehead atoms. The number of rotatable bonds is 2. The summed E-state index contributed by atoms with van der Waals surface area (Å²) < 4.78 is 23.1. The third-order valence-corrected chi connectivity index (χ3v) is 5.08. The first-order chi connectivity index (χ1) is 6.84. The number of sulfone groups is 1. The fraction of sp³-hybridized carbons (Fsp3) is 0.889. The molecule has 1 heterocycles. The summed E-state index contributed by atoms with van der Waals surface area (Å²) in [7, 11) is -3.09. The zero-order chi connectivity index (χ0) is 11.6. The molecule has 1 saturated heterocycles.